The minimum Gasteiger partial charge on any atom is -0.465 e. The summed E-state index contributed by atoms with van der Waals surface area (Å²) in [7, 11) is 0. The first-order valence-corrected chi connectivity index (χ1v) is 14.7. The van der Waals surface area contributed by atoms with E-state index in [0.717, 1.165) is 5.56 Å². The molecule has 8 nitrogen and oxygen atoms in total. The number of aliphatic hydroxyl groups excluding tert-OH is 1. The van der Waals surface area contributed by atoms with Crippen LogP contribution in [0.1, 0.15) is 43.4 Å². The Bertz CT molecular complexity index is 1380. The quantitative estimate of drug-likeness (QED) is 0.229. The third-order valence-electron chi connectivity index (χ3n) is 9.00. The monoisotopic (exact) mass is 592 g/mol. The molecule has 2 unspecified atom stereocenters. The molecule has 3 saturated heterocycles. The average Bonchev–Trinajstić information content (AvgIpc) is 3.54. The van der Waals surface area contributed by atoms with Gasteiger partial charge in [-0.1, -0.05) is 66.2 Å². The number of aliphatic hydroxyl groups is 1. The molecule has 3 fully saturated rings. The molecule has 9 heteroatoms. The molecule has 0 aliphatic carbocycles. The van der Waals surface area contributed by atoms with Gasteiger partial charge in [0.25, 0.3) is 5.91 Å². The van der Waals surface area contributed by atoms with Crippen LogP contribution >= 0.6 is 11.6 Å². The second-order valence-corrected chi connectivity index (χ2v) is 11.9. The van der Waals surface area contributed by atoms with Crippen LogP contribution in [-0.2, 0) is 23.9 Å². The molecular formula is C33H37ClN2O6. The van der Waals surface area contributed by atoms with E-state index in [1.807, 2.05) is 50.2 Å². The second-order valence-electron chi connectivity index (χ2n) is 11.5. The van der Waals surface area contributed by atoms with Gasteiger partial charge in [0, 0.05) is 6.54 Å². The van der Waals surface area contributed by atoms with Crippen LogP contribution in [0.2, 0.25) is 5.02 Å². The number of carbonyl (C=O) groups is 3. The van der Waals surface area contributed by atoms with Gasteiger partial charge in [0.05, 0.1) is 41.5 Å². The highest BCUT2D eigenvalue weighted by molar-refractivity contribution is 6.34. The third-order valence-corrected chi connectivity index (χ3v) is 9.30. The van der Waals surface area contributed by atoms with Crippen molar-refractivity contribution in [3.8, 4) is 0 Å². The van der Waals surface area contributed by atoms with Gasteiger partial charge in [-0.2, -0.15) is 0 Å². The van der Waals surface area contributed by atoms with Gasteiger partial charge in [-0.25, -0.2) is 0 Å². The number of nitrogens with zero attached hydrogens (tertiary/aromatic N) is 2. The zero-order valence-corrected chi connectivity index (χ0v) is 24.8. The topological polar surface area (TPSA) is 96.4 Å². The molecule has 6 atom stereocenters. The molecule has 2 aromatic carbocycles. The van der Waals surface area contributed by atoms with Gasteiger partial charge in [-0.3, -0.25) is 14.4 Å². The number of esters is 1. The molecule has 3 aliphatic rings. The van der Waals surface area contributed by atoms with E-state index in [1.165, 1.54) is 9.80 Å². The van der Waals surface area contributed by atoms with Crippen LogP contribution < -0.4 is 4.90 Å². The Labute approximate surface area is 251 Å². The van der Waals surface area contributed by atoms with Crippen molar-refractivity contribution in [1.82, 2.24) is 4.90 Å². The number of likely N-dealkylation sites (tertiary alicyclic amines) is 1. The number of hydrogen-bond acceptors (Lipinski definition) is 6. The Balaban J connectivity index is 1.66. The first-order valence-electron chi connectivity index (χ1n) is 14.3. The Morgan fingerprint density at radius 1 is 1.19 bits per heavy atom. The summed E-state index contributed by atoms with van der Waals surface area (Å²) in [5, 5.41) is 11.1. The van der Waals surface area contributed by atoms with Gasteiger partial charge in [0.1, 0.15) is 17.6 Å². The van der Waals surface area contributed by atoms with Crippen molar-refractivity contribution in [3.63, 3.8) is 0 Å². The van der Waals surface area contributed by atoms with Gasteiger partial charge < -0.3 is 24.4 Å². The van der Waals surface area contributed by atoms with Crippen LogP contribution in [0.3, 0.4) is 0 Å². The highest BCUT2D eigenvalue weighted by atomic mass is 35.5. The van der Waals surface area contributed by atoms with Crippen LogP contribution in [0, 0.1) is 18.8 Å². The van der Waals surface area contributed by atoms with Crippen molar-refractivity contribution in [2.45, 2.75) is 56.4 Å². The predicted molar refractivity (Wildman–Crippen MR) is 160 cm³/mol. The number of carbonyl (C=O) groups excluding carboxylic acids is 3. The Morgan fingerprint density at radius 3 is 2.57 bits per heavy atom. The van der Waals surface area contributed by atoms with Crippen molar-refractivity contribution in [1.29, 1.82) is 0 Å². The molecular weight excluding hydrogens is 556 g/mol. The number of ether oxygens (including phenoxy) is 2. The number of rotatable bonds is 11. The predicted octanol–water partition coefficient (Wildman–Crippen LogP) is 4.79. The molecule has 3 heterocycles. The van der Waals surface area contributed by atoms with E-state index < -0.39 is 59.5 Å². The first-order chi connectivity index (χ1) is 20.1. The molecule has 3 aliphatic heterocycles. The van der Waals surface area contributed by atoms with Gasteiger partial charge in [0.2, 0.25) is 5.91 Å². The van der Waals surface area contributed by atoms with E-state index >= 15 is 0 Å². The van der Waals surface area contributed by atoms with Crippen LogP contribution in [0.4, 0.5) is 5.69 Å². The summed E-state index contributed by atoms with van der Waals surface area (Å²) in [6.07, 6.45) is 4.59. The van der Waals surface area contributed by atoms with E-state index in [2.05, 4.69) is 13.2 Å². The summed E-state index contributed by atoms with van der Waals surface area (Å²) in [5.41, 5.74) is -0.340. The van der Waals surface area contributed by atoms with E-state index in [-0.39, 0.29) is 13.2 Å². The van der Waals surface area contributed by atoms with Crippen molar-refractivity contribution in [2.24, 2.45) is 11.8 Å². The summed E-state index contributed by atoms with van der Waals surface area (Å²) in [6.45, 7) is 11.1. The molecule has 1 N–H and O–H groups in total. The minimum atomic E-state index is -1.30. The number of para-hydroxylation sites is 1. The first kappa shape index (κ1) is 30.0. The Hall–Kier alpha value is -3.46. The van der Waals surface area contributed by atoms with Crippen LogP contribution in [0.15, 0.2) is 73.8 Å². The maximum atomic E-state index is 14.9. The minimum absolute atomic E-state index is 0.127. The number of amides is 2. The maximum Gasteiger partial charge on any atom is 0.312 e. The summed E-state index contributed by atoms with van der Waals surface area (Å²) in [4.78, 5) is 46.0. The molecule has 2 aromatic rings. The second kappa shape index (κ2) is 11.7. The largest absolute Gasteiger partial charge is 0.465 e. The lowest BCUT2D eigenvalue weighted by molar-refractivity contribution is -0.160. The lowest BCUT2D eigenvalue weighted by Gasteiger charge is -2.40. The molecule has 1 spiro atoms. The van der Waals surface area contributed by atoms with Gasteiger partial charge in [-0.05, 0) is 50.3 Å². The van der Waals surface area contributed by atoms with E-state index in [0.29, 0.717) is 35.5 Å². The molecule has 42 heavy (non-hydrogen) atoms. The highest BCUT2D eigenvalue weighted by Gasteiger charge is 2.79. The molecule has 5 rings (SSSR count). The standard InChI is InChI=1S/C33H37ClN2O6/c1-5-7-19-41-31(40)26-25-29(38)36(24(20-37)22-13-9-8-10-14-22)28(33(25)17-16-32(26,4)42-33)30(39)35(18-6-2)27-21(3)12-11-15-23(27)34/h5-6,8-15,24-26,28,37H,1-2,7,16-20H2,3-4H3/t24-,25+,26-,28?,32+,33?/m1/s1. The normalized spacial score (nSPS) is 28.3. The lowest BCUT2D eigenvalue weighted by atomic mass is 9.66. The molecule has 0 aromatic heterocycles. The number of fused-ring (bicyclic) bond motifs is 1. The molecule has 0 radical (unpaired) electrons. The maximum absolute atomic E-state index is 14.9. The number of anilines is 1. The van der Waals surface area contributed by atoms with Crippen molar-refractivity contribution < 1.29 is 29.0 Å². The van der Waals surface area contributed by atoms with Gasteiger partial charge in [0.15, 0.2) is 0 Å². The number of hydrogen-bond donors (Lipinski definition) is 1. The van der Waals surface area contributed by atoms with Crippen LogP contribution in [0.5, 0.6) is 0 Å². The van der Waals surface area contributed by atoms with Crippen molar-refractivity contribution in [3.05, 3.63) is 90.0 Å². The van der Waals surface area contributed by atoms with Crippen LogP contribution in [-0.4, -0.2) is 64.8 Å². The zero-order valence-electron chi connectivity index (χ0n) is 24.0. The Morgan fingerprint density at radius 2 is 1.93 bits per heavy atom. The highest BCUT2D eigenvalue weighted by Crippen LogP contribution is 2.64. The van der Waals surface area contributed by atoms with E-state index in [4.69, 9.17) is 21.1 Å². The third kappa shape index (κ3) is 4.66. The van der Waals surface area contributed by atoms with Crippen LogP contribution in [0.25, 0.3) is 0 Å². The van der Waals surface area contributed by atoms with Crippen molar-refractivity contribution in [2.75, 3.05) is 24.7 Å². The molecule has 222 valence electrons. The summed E-state index contributed by atoms with van der Waals surface area (Å²) >= 11 is 6.65. The number of aryl methyl sites for hydroxylation is 1. The lowest BCUT2D eigenvalue weighted by Crippen LogP contribution is -2.57. The molecule has 2 bridgehead atoms. The van der Waals surface area contributed by atoms with E-state index in [1.54, 1.807) is 24.3 Å². The fraction of sp³-hybridized carbons (Fsp3) is 0.424. The summed E-state index contributed by atoms with van der Waals surface area (Å²) in [6, 6.07) is 12.5. The molecule has 2 amide bonds. The Kier molecular flexibility index (Phi) is 8.34. The van der Waals surface area contributed by atoms with Gasteiger partial charge >= 0.3 is 5.97 Å². The number of benzene rings is 2. The summed E-state index contributed by atoms with van der Waals surface area (Å²) in [5.74, 6) is -3.23. The smallest absolute Gasteiger partial charge is 0.312 e. The van der Waals surface area contributed by atoms with Crippen molar-refractivity contribution >= 4 is 35.1 Å². The zero-order chi connectivity index (χ0) is 30.2. The average molecular weight is 593 g/mol. The number of halogens is 1. The SMILES string of the molecule is C=CCCOC(=O)[C@H]1[C@H]2C(=O)N([C@H](CO)c3ccccc3)C(C(=O)N(CC=C)c3c(C)cccc3Cl)C23CC[C@]1(C)O3. The summed E-state index contributed by atoms with van der Waals surface area (Å²) < 4.78 is 12.3. The van der Waals surface area contributed by atoms with Gasteiger partial charge in [-0.15, -0.1) is 13.2 Å². The fourth-order valence-electron chi connectivity index (χ4n) is 7.23. The van der Waals surface area contributed by atoms with E-state index in [9.17, 15) is 19.5 Å². The fourth-order valence-corrected chi connectivity index (χ4v) is 7.56. The molecule has 0 saturated carbocycles.